The Kier molecular flexibility index (Phi) is 5.08. The molecule has 128 valence electrons. The van der Waals surface area contributed by atoms with Crippen molar-refractivity contribution in [3.63, 3.8) is 0 Å². The van der Waals surface area contributed by atoms with Crippen molar-refractivity contribution < 1.29 is 4.74 Å². The minimum Gasteiger partial charge on any atom is -0.481 e. The molecule has 1 fully saturated rings. The molecule has 0 aliphatic heterocycles. The number of nitrogens with zero attached hydrogens (tertiary/aromatic N) is 1. The van der Waals surface area contributed by atoms with Gasteiger partial charge in [-0.15, -0.1) is 11.6 Å². The van der Waals surface area contributed by atoms with E-state index in [9.17, 15) is 0 Å². The highest BCUT2D eigenvalue weighted by atomic mass is 35.5. The number of methoxy groups -OCH3 is 1. The van der Waals surface area contributed by atoms with E-state index in [-0.39, 0.29) is 5.41 Å². The van der Waals surface area contributed by atoms with E-state index in [1.807, 2.05) is 6.07 Å². The molecule has 0 bridgehead atoms. The first-order chi connectivity index (χ1) is 11.5. The van der Waals surface area contributed by atoms with Crippen LogP contribution in [0.2, 0.25) is 5.02 Å². The van der Waals surface area contributed by atoms with Gasteiger partial charge in [-0.25, -0.2) is 4.98 Å². The van der Waals surface area contributed by atoms with E-state index in [0.717, 1.165) is 16.8 Å². The highest BCUT2D eigenvalue weighted by molar-refractivity contribution is 6.33. The Morgan fingerprint density at radius 3 is 2.67 bits per heavy atom. The summed E-state index contributed by atoms with van der Waals surface area (Å²) < 4.78 is 5.29. The second kappa shape index (κ2) is 6.93. The smallest absolute Gasteiger partial charge is 0.213 e. The summed E-state index contributed by atoms with van der Waals surface area (Å²) in [6.45, 7) is 4.70. The predicted molar refractivity (Wildman–Crippen MR) is 101 cm³/mol. The Morgan fingerprint density at radius 2 is 2.04 bits per heavy atom. The third-order valence-electron chi connectivity index (χ3n) is 5.19. The van der Waals surface area contributed by atoms with Crippen molar-refractivity contribution >= 4 is 23.2 Å². The van der Waals surface area contributed by atoms with Crippen molar-refractivity contribution in [3.8, 4) is 17.1 Å². The number of hydrogen-bond donors (Lipinski definition) is 0. The number of pyridine rings is 1. The van der Waals surface area contributed by atoms with Crippen LogP contribution in [0.15, 0.2) is 30.3 Å². The molecule has 0 N–H and O–H groups in total. The summed E-state index contributed by atoms with van der Waals surface area (Å²) in [5, 5.41) is 0.645. The molecule has 0 radical (unpaired) electrons. The second-order valence-corrected chi connectivity index (χ2v) is 7.85. The largest absolute Gasteiger partial charge is 0.481 e. The van der Waals surface area contributed by atoms with E-state index < -0.39 is 0 Å². The van der Waals surface area contributed by atoms with Crippen molar-refractivity contribution in [2.45, 2.75) is 44.9 Å². The number of benzene rings is 1. The molecule has 1 unspecified atom stereocenters. The molecule has 1 aromatic heterocycles. The van der Waals surface area contributed by atoms with E-state index in [2.05, 4.69) is 37.0 Å². The zero-order chi connectivity index (χ0) is 17.3. The second-order valence-electron chi connectivity index (χ2n) is 7.17. The monoisotopic (exact) mass is 363 g/mol. The standard InChI is InChI=1S/C20H23Cl2NO/c1-20(2)10-4-5-16(20)15-11-13(12-21)6-7-14(15)19-17(22)8-9-18(23-19)24-3/h6-9,11,16H,4-5,10,12H2,1-3H3. The van der Waals surface area contributed by atoms with Crippen LogP contribution in [-0.2, 0) is 5.88 Å². The fourth-order valence-corrected chi connectivity index (χ4v) is 4.20. The molecule has 24 heavy (non-hydrogen) atoms. The number of alkyl halides is 1. The third-order valence-corrected chi connectivity index (χ3v) is 5.80. The molecule has 3 rings (SSSR count). The molecular weight excluding hydrogens is 341 g/mol. The summed E-state index contributed by atoms with van der Waals surface area (Å²) in [5.74, 6) is 1.58. The maximum Gasteiger partial charge on any atom is 0.213 e. The van der Waals surface area contributed by atoms with Gasteiger partial charge in [-0.1, -0.05) is 50.1 Å². The first kappa shape index (κ1) is 17.6. The van der Waals surface area contributed by atoms with Crippen molar-refractivity contribution in [2.24, 2.45) is 5.41 Å². The average Bonchev–Trinajstić information content (AvgIpc) is 2.94. The van der Waals surface area contributed by atoms with Crippen LogP contribution in [0.1, 0.15) is 50.2 Å². The molecule has 1 atom stereocenters. The van der Waals surface area contributed by atoms with Crippen LogP contribution in [0.25, 0.3) is 11.3 Å². The Hall–Kier alpha value is -1.25. The van der Waals surface area contributed by atoms with E-state index >= 15 is 0 Å². The minimum absolute atomic E-state index is 0.269. The van der Waals surface area contributed by atoms with E-state index in [0.29, 0.717) is 22.7 Å². The number of halogens is 2. The highest BCUT2D eigenvalue weighted by Gasteiger charge is 2.37. The lowest BCUT2D eigenvalue weighted by Crippen LogP contribution is -2.16. The SMILES string of the molecule is COc1ccc(Cl)c(-c2ccc(CCl)cc2C2CCCC2(C)C)n1. The molecule has 2 nitrogen and oxygen atoms in total. The first-order valence-corrected chi connectivity index (χ1v) is 9.27. The van der Waals surface area contributed by atoms with Crippen molar-refractivity contribution in [3.05, 3.63) is 46.5 Å². The van der Waals surface area contributed by atoms with Crippen LogP contribution in [0.3, 0.4) is 0 Å². The summed E-state index contributed by atoms with van der Waals surface area (Å²) in [4.78, 5) is 4.61. The molecule has 1 aliphatic carbocycles. The Labute approximate surface area is 154 Å². The zero-order valence-electron chi connectivity index (χ0n) is 14.4. The lowest BCUT2D eigenvalue weighted by Gasteiger charge is -2.29. The first-order valence-electron chi connectivity index (χ1n) is 8.36. The van der Waals surface area contributed by atoms with Crippen LogP contribution in [0, 0.1) is 5.41 Å². The molecule has 2 aromatic rings. The average molecular weight is 364 g/mol. The lowest BCUT2D eigenvalue weighted by molar-refractivity contribution is 0.332. The molecule has 0 amide bonds. The van der Waals surface area contributed by atoms with Gasteiger partial charge in [-0.3, -0.25) is 0 Å². The highest BCUT2D eigenvalue weighted by Crippen LogP contribution is 2.51. The van der Waals surface area contributed by atoms with E-state index in [1.165, 1.54) is 24.8 Å². The van der Waals surface area contributed by atoms with Gasteiger partial charge >= 0.3 is 0 Å². The molecule has 0 saturated heterocycles. The van der Waals surface area contributed by atoms with Crippen molar-refractivity contribution in [1.82, 2.24) is 4.98 Å². The van der Waals surface area contributed by atoms with Gasteiger partial charge in [0.1, 0.15) is 0 Å². The molecule has 4 heteroatoms. The van der Waals surface area contributed by atoms with Gasteiger partial charge < -0.3 is 4.74 Å². The van der Waals surface area contributed by atoms with E-state index in [1.54, 1.807) is 13.2 Å². The summed E-state index contributed by atoms with van der Waals surface area (Å²) in [5.41, 5.74) is 4.59. The third kappa shape index (κ3) is 3.27. The molecule has 1 aliphatic rings. The molecule has 1 heterocycles. The lowest BCUT2D eigenvalue weighted by atomic mass is 9.75. The van der Waals surface area contributed by atoms with Gasteiger partial charge in [-0.05, 0) is 41.4 Å². The van der Waals surface area contributed by atoms with Crippen molar-refractivity contribution in [2.75, 3.05) is 7.11 Å². The van der Waals surface area contributed by atoms with Gasteiger partial charge in [-0.2, -0.15) is 0 Å². The summed E-state index contributed by atoms with van der Waals surface area (Å²) in [6.07, 6.45) is 3.68. The maximum absolute atomic E-state index is 6.47. The normalized spacial score (nSPS) is 19.5. The number of rotatable bonds is 4. The Bertz CT molecular complexity index is 742. The minimum atomic E-state index is 0.269. The molecule has 1 aromatic carbocycles. The fourth-order valence-electron chi connectivity index (χ4n) is 3.83. The van der Waals surface area contributed by atoms with Gasteiger partial charge in [0.2, 0.25) is 5.88 Å². The number of ether oxygens (including phenoxy) is 1. The number of hydrogen-bond acceptors (Lipinski definition) is 2. The number of aromatic nitrogens is 1. The van der Waals surface area contributed by atoms with E-state index in [4.69, 9.17) is 27.9 Å². The maximum atomic E-state index is 6.47. The summed E-state index contributed by atoms with van der Waals surface area (Å²) >= 11 is 12.6. The molecular formula is C20H23Cl2NO. The van der Waals surface area contributed by atoms with Crippen LogP contribution >= 0.6 is 23.2 Å². The summed E-state index contributed by atoms with van der Waals surface area (Å²) in [7, 11) is 1.62. The van der Waals surface area contributed by atoms with Crippen molar-refractivity contribution in [1.29, 1.82) is 0 Å². The zero-order valence-corrected chi connectivity index (χ0v) is 15.9. The van der Waals surface area contributed by atoms with Crippen LogP contribution in [-0.4, -0.2) is 12.1 Å². The van der Waals surface area contributed by atoms with Gasteiger partial charge in [0.05, 0.1) is 17.8 Å². The van der Waals surface area contributed by atoms with Gasteiger partial charge in [0, 0.05) is 17.5 Å². The Balaban J connectivity index is 2.18. The van der Waals surface area contributed by atoms with Gasteiger partial charge in [0.15, 0.2) is 0 Å². The predicted octanol–water partition coefficient (Wildman–Crippen LogP) is 6.44. The van der Waals surface area contributed by atoms with Crippen LogP contribution in [0.4, 0.5) is 0 Å². The van der Waals surface area contributed by atoms with Crippen LogP contribution in [0.5, 0.6) is 5.88 Å². The molecule has 0 spiro atoms. The topological polar surface area (TPSA) is 22.1 Å². The fraction of sp³-hybridized carbons (Fsp3) is 0.450. The van der Waals surface area contributed by atoms with Crippen LogP contribution < -0.4 is 4.74 Å². The summed E-state index contributed by atoms with van der Waals surface area (Å²) in [6, 6.07) is 10.0. The Morgan fingerprint density at radius 1 is 1.25 bits per heavy atom. The quantitative estimate of drug-likeness (QED) is 0.582. The van der Waals surface area contributed by atoms with Gasteiger partial charge in [0.25, 0.3) is 0 Å². The molecule has 1 saturated carbocycles.